The fourth-order valence-corrected chi connectivity index (χ4v) is 3.74. The van der Waals surface area contributed by atoms with Crippen LogP contribution in [0.15, 0.2) is 34.7 Å². The van der Waals surface area contributed by atoms with E-state index in [0.717, 1.165) is 11.3 Å². The van der Waals surface area contributed by atoms with E-state index in [1.54, 1.807) is 32.5 Å². The predicted octanol–water partition coefficient (Wildman–Crippen LogP) is 5.33. The van der Waals surface area contributed by atoms with Gasteiger partial charge in [-0.25, -0.2) is 9.59 Å². The average molecular weight is 593 g/mol. The van der Waals surface area contributed by atoms with Crippen LogP contribution in [0, 0.1) is 0 Å². The highest BCUT2D eigenvalue weighted by Gasteiger charge is 2.33. The van der Waals surface area contributed by atoms with Gasteiger partial charge < -0.3 is 23.9 Å². The maximum Gasteiger partial charge on any atom is 0.522 e. The van der Waals surface area contributed by atoms with Crippen molar-refractivity contribution in [2.45, 2.75) is 58.2 Å². The Morgan fingerprint density at radius 1 is 1.12 bits per heavy atom. The molecule has 1 N–H and O–H groups in total. The van der Waals surface area contributed by atoms with Crippen LogP contribution in [0.5, 0.6) is 6.08 Å². The van der Waals surface area contributed by atoms with E-state index in [0.29, 0.717) is 12.8 Å². The lowest BCUT2D eigenvalue weighted by atomic mass is 10.1. The van der Waals surface area contributed by atoms with E-state index in [9.17, 15) is 22.8 Å². The van der Waals surface area contributed by atoms with Gasteiger partial charge in [-0.05, 0) is 51.2 Å². The summed E-state index contributed by atoms with van der Waals surface area (Å²) in [6.07, 6.45) is -3.51. The molecule has 1 aromatic heterocycles. The third kappa shape index (κ3) is 13.2. The molecular formula is C25H35F3N4O7S. The molecule has 224 valence electrons. The molecule has 2 aromatic rings. The number of halogens is 3. The number of ether oxygens (including phenoxy) is 4. The topological polar surface area (TPSA) is 125 Å². The molecule has 11 nitrogen and oxygen atoms in total. The summed E-state index contributed by atoms with van der Waals surface area (Å²) < 4.78 is 61.6. The Hall–Kier alpha value is -3.20. The van der Waals surface area contributed by atoms with E-state index < -0.39 is 43.4 Å². The number of carbonyl (C=O) groups excluding carboxylic acids is 2. The maximum atomic E-state index is 13.2. The Labute approximate surface area is 235 Å². The summed E-state index contributed by atoms with van der Waals surface area (Å²) in [6, 6.07) is 8.39. The van der Waals surface area contributed by atoms with Crippen LogP contribution in [0.25, 0.3) is 0 Å². The zero-order valence-corrected chi connectivity index (χ0v) is 23.7. The summed E-state index contributed by atoms with van der Waals surface area (Å²) in [5, 5.41) is 10.3. The number of hydrogen-bond donors (Lipinski definition) is 1. The van der Waals surface area contributed by atoms with Crippen molar-refractivity contribution in [3.63, 3.8) is 0 Å². The molecule has 15 heteroatoms. The second-order valence-electron chi connectivity index (χ2n) is 9.36. The lowest BCUT2D eigenvalue weighted by Gasteiger charge is -2.32. The predicted molar refractivity (Wildman–Crippen MR) is 140 cm³/mol. The lowest BCUT2D eigenvalue weighted by molar-refractivity contribution is -0.325. The number of alkyl carbamates (subject to hydrolysis) is 1. The molecule has 0 fully saturated rings. The van der Waals surface area contributed by atoms with Gasteiger partial charge in [0.1, 0.15) is 24.9 Å². The number of nitrogens with zero attached hydrogens (tertiary/aromatic N) is 3. The van der Waals surface area contributed by atoms with E-state index in [1.165, 1.54) is 4.90 Å². The largest absolute Gasteiger partial charge is 0.522 e. The molecule has 2 rings (SSSR count). The SMILES string of the molecule is CSCCC[C@H](c1nnc(OCCOC(F)(F)F)o1)N(CCNC(=O)OCc1ccccc1)C(=O)OC(C)(C)C. The van der Waals surface area contributed by atoms with E-state index in [4.69, 9.17) is 18.6 Å². The molecule has 1 aromatic carbocycles. The van der Waals surface area contributed by atoms with Gasteiger partial charge in [0.05, 0.1) is 6.61 Å². The Kier molecular flexibility index (Phi) is 13.3. The summed E-state index contributed by atoms with van der Waals surface area (Å²) in [7, 11) is 0. The molecule has 0 spiro atoms. The molecule has 1 atom stereocenters. The molecule has 0 bridgehead atoms. The first-order valence-electron chi connectivity index (χ1n) is 12.5. The fraction of sp³-hybridized carbons (Fsp3) is 0.600. The fourth-order valence-electron chi connectivity index (χ4n) is 3.28. The zero-order valence-electron chi connectivity index (χ0n) is 22.9. The second kappa shape index (κ2) is 16.2. The first-order valence-corrected chi connectivity index (χ1v) is 13.9. The molecule has 0 aliphatic heterocycles. The van der Waals surface area contributed by atoms with Crippen molar-refractivity contribution in [1.82, 2.24) is 20.4 Å². The Morgan fingerprint density at radius 3 is 2.50 bits per heavy atom. The van der Waals surface area contributed by atoms with Gasteiger partial charge in [-0.1, -0.05) is 35.4 Å². The van der Waals surface area contributed by atoms with Gasteiger partial charge in [0.15, 0.2) is 0 Å². The summed E-state index contributed by atoms with van der Waals surface area (Å²) in [4.78, 5) is 26.8. The number of carbonyl (C=O) groups is 2. The zero-order chi connectivity index (χ0) is 29.6. The number of aromatic nitrogens is 2. The van der Waals surface area contributed by atoms with Gasteiger partial charge in [-0.2, -0.15) is 11.8 Å². The standard InChI is InChI=1S/C25H35F3N4O7S/c1-24(2,3)39-23(34)32(13-12-29-21(33)36-17-18-9-6-5-7-10-18)19(11-8-16-40-4)20-30-31-22(38-20)35-14-15-37-25(26,27)28/h5-7,9-10,19H,8,11-17H2,1-4H3,(H,29,33)/t19-/m1/s1. The molecular weight excluding hydrogens is 557 g/mol. The van der Waals surface area contributed by atoms with Gasteiger partial charge >= 0.3 is 24.6 Å². The molecule has 1 heterocycles. The van der Waals surface area contributed by atoms with Crippen LogP contribution in [0.3, 0.4) is 0 Å². The van der Waals surface area contributed by atoms with Crippen LogP contribution in [-0.4, -0.2) is 77.6 Å². The summed E-state index contributed by atoms with van der Waals surface area (Å²) >= 11 is 1.61. The van der Waals surface area contributed by atoms with Gasteiger partial charge in [0, 0.05) is 13.1 Å². The Bertz CT molecular complexity index is 1040. The quantitative estimate of drug-likeness (QED) is 0.271. The van der Waals surface area contributed by atoms with Crippen LogP contribution < -0.4 is 10.1 Å². The Morgan fingerprint density at radius 2 is 1.85 bits per heavy atom. The molecule has 0 unspecified atom stereocenters. The second-order valence-corrected chi connectivity index (χ2v) is 10.3. The van der Waals surface area contributed by atoms with Crippen LogP contribution in [-0.2, 0) is 20.8 Å². The highest BCUT2D eigenvalue weighted by Crippen LogP contribution is 2.29. The minimum Gasteiger partial charge on any atom is -0.447 e. The van der Waals surface area contributed by atoms with Crippen molar-refractivity contribution in [2.24, 2.45) is 0 Å². The minimum absolute atomic E-state index is 0.00496. The van der Waals surface area contributed by atoms with Gasteiger partial charge in [-0.15, -0.1) is 18.3 Å². The van der Waals surface area contributed by atoms with Crippen LogP contribution in [0.2, 0.25) is 0 Å². The monoisotopic (exact) mass is 592 g/mol. The van der Waals surface area contributed by atoms with Gasteiger partial charge in [0.2, 0.25) is 5.89 Å². The summed E-state index contributed by atoms with van der Waals surface area (Å²) in [5.41, 5.74) is 0.00395. The number of amides is 2. The van der Waals surface area contributed by atoms with Crippen LogP contribution in [0.1, 0.15) is 51.1 Å². The number of rotatable bonds is 15. The van der Waals surface area contributed by atoms with E-state index in [2.05, 4.69) is 20.3 Å². The molecule has 40 heavy (non-hydrogen) atoms. The first-order chi connectivity index (χ1) is 18.9. The molecule has 0 aliphatic rings. The normalized spacial score (nSPS) is 12.5. The average Bonchev–Trinajstić information content (AvgIpc) is 3.34. The van der Waals surface area contributed by atoms with E-state index in [-0.39, 0.29) is 31.7 Å². The van der Waals surface area contributed by atoms with Crippen molar-refractivity contribution >= 4 is 23.9 Å². The number of thioether (sulfide) groups is 1. The van der Waals surface area contributed by atoms with Crippen molar-refractivity contribution in [1.29, 1.82) is 0 Å². The third-order valence-electron chi connectivity index (χ3n) is 4.95. The number of nitrogens with one attached hydrogen (secondary N) is 1. The number of alkyl halides is 3. The smallest absolute Gasteiger partial charge is 0.447 e. The van der Waals surface area contributed by atoms with Crippen molar-refractivity contribution in [3.05, 3.63) is 41.8 Å². The van der Waals surface area contributed by atoms with Gasteiger partial charge in [-0.3, -0.25) is 9.64 Å². The third-order valence-corrected chi connectivity index (χ3v) is 5.64. The van der Waals surface area contributed by atoms with Crippen molar-refractivity contribution < 1.29 is 46.1 Å². The molecule has 0 saturated heterocycles. The number of benzene rings is 1. The lowest BCUT2D eigenvalue weighted by Crippen LogP contribution is -2.43. The highest BCUT2D eigenvalue weighted by molar-refractivity contribution is 7.98. The van der Waals surface area contributed by atoms with Gasteiger partial charge in [0.25, 0.3) is 0 Å². The Balaban J connectivity index is 2.10. The molecule has 0 radical (unpaired) electrons. The molecule has 0 saturated carbocycles. The van der Waals surface area contributed by atoms with Crippen LogP contribution >= 0.6 is 11.8 Å². The van der Waals surface area contributed by atoms with E-state index in [1.807, 2.05) is 36.6 Å². The summed E-state index contributed by atoms with van der Waals surface area (Å²) in [5.74, 6) is 0.778. The van der Waals surface area contributed by atoms with Crippen molar-refractivity contribution in [2.75, 3.05) is 38.3 Å². The van der Waals surface area contributed by atoms with E-state index >= 15 is 0 Å². The number of hydrogen-bond acceptors (Lipinski definition) is 10. The minimum atomic E-state index is -4.79. The van der Waals surface area contributed by atoms with Crippen molar-refractivity contribution in [3.8, 4) is 6.08 Å². The summed E-state index contributed by atoms with van der Waals surface area (Å²) in [6.45, 7) is 4.01. The highest BCUT2D eigenvalue weighted by atomic mass is 32.2. The van der Waals surface area contributed by atoms with Crippen LogP contribution in [0.4, 0.5) is 22.8 Å². The molecule has 0 aliphatic carbocycles. The molecule has 2 amide bonds. The maximum absolute atomic E-state index is 13.2. The first kappa shape index (κ1) is 33.0.